The highest BCUT2D eigenvalue weighted by atomic mass is 19.4. The van der Waals surface area contributed by atoms with Gasteiger partial charge >= 0.3 is 6.18 Å². The van der Waals surface area contributed by atoms with Gasteiger partial charge in [0.25, 0.3) is 0 Å². The molecule has 6 heteroatoms. The lowest BCUT2D eigenvalue weighted by molar-refractivity contribution is -0.148. The van der Waals surface area contributed by atoms with Crippen LogP contribution in [0, 0.1) is 0 Å². The number of nitrogens with zero attached hydrogens (tertiary/aromatic N) is 1. The molecule has 2 fully saturated rings. The fourth-order valence-electron chi connectivity index (χ4n) is 3.13. The molecule has 0 atom stereocenters. The molecule has 0 bridgehead atoms. The summed E-state index contributed by atoms with van der Waals surface area (Å²) in [6.45, 7) is 0.324. The van der Waals surface area contributed by atoms with Gasteiger partial charge in [-0.15, -0.1) is 0 Å². The van der Waals surface area contributed by atoms with Crippen LogP contribution in [0.4, 0.5) is 13.2 Å². The van der Waals surface area contributed by atoms with Crippen molar-refractivity contribution in [1.82, 2.24) is 10.2 Å². The summed E-state index contributed by atoms with van der Waals surface area (Å²) >= 11 is 0. The maximum absolute atomic E-state index is 12.3. The fourth-order valence-corrected chi connectivity index (χ4v) is 3.13. The summed E-state index contributed by atoms with van der Waals surface area (Å²) in [4.78, 5) is 1.51. The Morgan fingerprint density at radius 2 is 1.47 bits per heavy atom. The number of hydrogen-bond donors (Lipinski definition) is 2. The first-order valence-corrected chi connectivity index (χ1v) is 7.23. The molecule has 19 heavy (non-hydrogen) atoms. The summed E-state index contributed by atoms with van der Waals surface area (Å²) in [7, 11) is 0. The van der Waals surface area contributed by atoms with Gasteiger partial charge in [-0.05, 0) is 51.6 Å². The van der Waals surface area contributed by atoms with Crippen LogP contribution in [0.2, 0.25) is 0 Å². The van der Waals surface area contributed by atoms with Crippen LogP contribution in [-0.2, 0) is 0 Å². The van der Waals surface area contributed by atoms with E-state index in [2.05, 4.69) is 5.32 Å². The second-order valence-corrected chi connectivity index (χ2v) is 5.94. The number of piperidine rings is 1. The molecule has 0 unspecified atom stereocenters. The van der Waals surface area contributed by atoms with Crippen molar-refractivity contribution in [2.75, 3.05) is 19.6 Å². The van der Waals surface area contributed by atoms with Gasteiger partial charge in [-0.3, -0.25) is 4.90 Å². The van der Waals surface area contributed by atoms with Gasteiger partial charge in [-0.2, -0.15) is 13.2 Å². The number of halogens is 3. The number of likely N-dealkylation sites (tertiary alicyclic amines) is 1. The first-order valence-electron chi connectivity index (χ1n) is 7.23. The molecular weight excluding hydrogens is 255 g/mol. The van der Waals surface area contributed by atoms with E-state index >= 15 is 0 Å². The van der Waals surface area contributed by atoms with Crippen LogP contribution in [0.1, 0.15) is 38.5 Å². The van der Waals surface area contributed by atoms with E-state index in [1.165, 1.54) is 4.90 Å². The van der Waals surface area contributed by atoms with Crippen LogP contribution in [0.3, 0.4) is 0 Å². The Hall–Kier alpha value is -0.330. The minimum absolute atomic E-state index is 0.340. The first-order chi connectivity index (χ1) is 8.92. The molecule has 0 spiro atoms. The van der Waals surface area contributed by atoms with E-state index in [9.17, 15) is 13.2 Å². The van der Waals surface area contributed by atoms with Crippen LogP contribution < -0.4 is 11.1 Å². The lowest BCUT2D eigenvalue weighted by Crippen LogP contribution is -2.49. The average molecular weight is 279 g/mol. The highest BCUT2D eigenvalue weighted by molar-refractivity contribution is 4.85. The second kappa shape index (κ2) is 6.41. The predicted molar refractivity (Wildman–Crippen MR) is 68.9 cm³/mol. The summed E-state index contributed by atoms with van der Waals surface area (Å²) in [6.07, 6.45) is 1.89. The number of hydrogen-bond acceptors (Lipinski definition) is 3. The topological polar surface area (TPSA) is 41.3 Å². The summed E-state index contributed by atoms with van der Waals surface area (Å²) in [6, 6.07) is 1.23. The van der Waals surface area contributed by atoms with Crippen LogP contribution >= 0.6 is 0 Å². The second-order valence-electron chi connectivity index (χ2n) is 5.94. The van der Waals surface area contributed by atoms with E-state index in [0.29, 0.717) is 31.2 Å². The van der Waals surface area contributed by atoms with E-state index in [1.54, 1.807) is 0 Å². The summed E-state index contributed by atoms with van der Waals surface area (Å²) in [5.41, 5.74) is 5.87. The Morgan fingerprint density at radius 3 is 2.00 bits per heavy atom. The van der Waals surface area contributed by atoms with Crippen molar-refractivity contribution in [2.45, 2.75) is 62.8 Å². The van der Waals surface area contributed by atoms with Crippen LogP contribution in [0.5, 0.6) is 0 Å². The SMILES string of the molecule is NC1CCC(NC2CCN(CC(F)(F)F)CC2)CC1. The highest BCUT2D eigenvalue weighted by Gasteiger charge is 2.33. The van der Waals surface area contributed by atoms with E-state index in [4.69, 9.17) is 5.73 Å². The van der Waals surface area contributed by atoms with E-state index in [1.807, 2.05) is 0 Å². The van der Waals surface area contributed by atoms with Crippen LogP contribution in [0.15, 0.2) is 0 Å². The van der Waals surface area contributed by atoms with Crippen molar-refractivity contribution in [1.29, 1.82) is 0 Å². The largest absolute Gasteiger partial charge is 0.401 e. The minimum atomic E-state index is -4.07. The van der Waals surface area contributed by atoms with E-state index < -0.39 is 12.7 Å². The molecule has 0 aromatic heterocycles. The first kappa shape index (κ1) is 15.1. The molecule has 1 heterocycles. The maximum atomic E-state index is 12.3. The Morgan fingerprint density at radius 1 is 0.947 bits per heavy atom. The number of nitrogens with two attached hydrogens (primary N) is 1. The van der Waals surface area contributed by atoms with Gasteiger partial charge in [0, 0.05) is 18.1 Å². The summed E-state index contributed by atoms with van der Waals surface area (Å²) < 4.78 is 36.8. The molecule has 112 valence electrons. The van der Waals surface area contributed by atoms with Crippen molar-refractivity contribution < 1.29 is 13.2 Å². The maximum Gasteiger partial charge on any atom is 0.401 e. The molecular formula is C13H24F3N3. The lowest BCUT2D eigenvalue weighted by atomic mass is 9.90. The molecule has 1 saturated heterocycles. The number of nitrogens with one attached hydrogen (secondary N) is 1. The molecule has 2 rings (SSSR count). The molecule has 1 saturated carbocycles. The monoisotopic (exact) mass is 279 g/mol. The third kappa shape index (κ3) is 5.28. The van der Waals surface area contributed by atoms with Gasteiger partial charge in [0.15, 0.2) is 0 Å². The zero-order valence-electron chi connectivity index (χ0n) is 11.3. The lowest BCUT2D eigenvalue weighted by Gasteiger charge is -2.36. The summed E-state index contributed by atoms with van der Waals surface area (Å²) in [5, 5.41) is 3.60. The summed E-state index contributed by atoms with van der Waals surface area (Å²) in [5.74, 6) is 0. The molecule has 0 aromatic carbocycles. The van der Waals surface area contributed by atoms with Gasteiger partial charge in [-0.25, -0.2) is 0 Å². The van der Waals surface area contributed by atoms with Gasteiger partial charge < -0.3 is 11.1 Å². The van der Waals surface area contributed by atoms with Crippen LogP contribution in [-0.4, -0.2) is 48.8 Å². The Kier molecular flexibility index (Phi) is 5.09. The molecule has 0 radical (unpaired) electrons. The molecule has 1 aliphatic carbocycles. The Labute approximate surface area is 112 Å². The Balaban J connectivity index is 1.66. The van der Waals surface area contributed by atoms with Crippen molar-refractivity contribution in [3.05, 3.63) is 0 Å². The standard InChI is InChI=1S/C13H24F3N3/c14-13(15,16)9-19-7-5-12(6-8-19)18-11-3-1-10(17)2-4-11/h10-12,18H,1-9,17H2. The van der Waals surface area contributed by atoms with Crippen molar-refractivity contribution >= 4 is 0 Å². The zero-order chi connectivity index (χ0) is 13.9. The quantitative estimate of drug-likeness (QED) is 0.828. The molecule has 3 nitrogen and oxygen atoms in total. The molecule has 1 aliphatic heterocycles. The number of rotatable bonds is 3. The van der Waals surface area contributed by atoms with E-state index in [-0.39, 0.29) is 0 Å². The zero-order valence-corrected chi connectivity index (χ0v) is 11.3. The highest BCUT2D eigenvalue weighted by Crippen LogP contribution is 2.22. The van der Waals surface area contributed by atoms with Crippen LogP contribution in [0.25, 0.3) is 0 Å². The van der Waals surface area contributed by atoms with Crippen molar-refractivity contribution in [3.63, 3.8) is 0 Å². The van der Waals surface area contributed by atoms with Gasteiger partial charge in [-0.1, -0.05) is 0 Å². The third-order valence-corrected chi connectivity index (χ3v) is 4.23. The Bertz CT molecular complexity index is 267. The van der Waals surface area contributed by atoms with Gasteiger partial charge in [0.2, 0.25) is 0 Å². The molecule has 0 aromatic rings. The molecule has 2 aliphatic rings. The third-order valence-electron chi connectivity index (χ3n) is 4.23. The predicted octanol–water partition coefficient (Wildman–Crippen LogP) is 1.87. The fraction of sp³-hybridized carbons (Fsp3) is 1.00. The van der Waals surface area contributed by atoms with Gasteiger partial charge in [0.05, 0.1) is 6.54 Å². The van der Waals surface area contributed by atoms with Crippen molar-refractivity contribution in [3.8, 4) is 0 Å². The van der Waals surface area contributed by atoms with Crippen molar-refractivity contribution in [2.24, 2.45) is 5.73 Å². The number of alkyl halides is 3. The minimum Gasteiger partial charge on any atom is -0.328 e. The molecule has 0 amide bonds. The van der Waals surface area contributed by atoms with E-state index in [0.717, 1.165) is 38.5 Å². The average Bonchev–Trinajstić information content (AvgIpc) is 2.33. The normalized spacial score (nSPS) is 31.6. The van der Waals surface area contributed by atoms with Gasteiger partial charge in [0.1, 0.15) is 0 Å². The smallest absolute Gasteiger partial charge is 0.328 e. The molecule has 3 N–H and O–H groups in total.